The van der Waals surface area contributed by atoms with Gasteiger partial charge in [-0.2, -0.15) is 0 Å². The summed E-state index contributed by atoms with van der Waals surface area (Å²) in [5.74, 6) is 0.0779. The van der Waals surface area contributed by atoms with Crippen LogP contribution in [0.3, 0.4) is 0 Å². The Morgan fingerprint density at radius 2 is 1.86 bits per heavy atom. The maximum atomic E-state index is 12.6. The van der Waals surface area contributed by atoms with Gasteiger partial charge in [0.2, 0.25) is 0 Å². The lowest BCUT2D eigenvalue weighted by Crippen LogP contribution is -2.30. The molecule has 0 spiro atoms. The topological polar surface area (TPSA) is 50.7 Å². The minimum Gasteiger partial charge on any atom is -0.359 e. The van der Waals surface area contributed by atoms with E-state index in [4.69, 9.17) is 23.2 Å². The SMILES string of the molecule is FCC(Nc1cc(Cl)nc(-c2cccc(Cl)n2)n1)C(F)F. The van der Waals surface area contributed by atoms with Crippen molar-refractivity contribution in [1.29, 1.82) is 0 Å². The van der Waals surface area contributed by atoms with Crippen LogP contribution in [-0.2, 0) is 0 Å². The molecule has 0 amide bonds. The van der Waals surface area contributed by atoms with Crippen LogP contribution in [0, 0.1) is 0 Å². The number of nitrogens with zero attached hydrogens (tertiary/aromatic N) is 3. The molecule has 2 aromatic heterocycles. The fourth-order valence-corrected chi connectivity index (χ4v) is 1.84. The maximum Gasteiger partial charge on any atom is 0.260 e. The zero-order chi connectivity index (χ0) is 15.4. The summed E-state index contributed by atoms with van der Waals surface area (Å²) in [7, 11) is 0. The molecule has 0 radical (unpaired) electrons. The molecular weight excluding hydrogens is 328 g/mol. The van der Waals surface area contributed by atoms with Crippen LogP contribution in [0.2, 0.25) is 10.3 Å². The summed E-state index contributed by atoms with van der Waals surface area (Å²) in [6.45, 7) is -1.25. The standard InChI is InChI=1S/C12H9Cl2F3N4/c13-8-3-1-2-6(18-8)12-20-9(14)4-10(21-12)19-7(5-15)11(16)17/h1-4,7,11H,5H2,(H,19,20,21). The molecule has 0 fully saturated rings. The van der Waals surface area contributed by atoms with E-state index in [2.05, 4.69) is 20.3 Å². The van der Waals surface area contributed by atoms with Crippen molar-refractivity contribution < 1.29 is 13.2 Å². The molecule has 1 atom stereocenters. The third-order valence-electron chi connectivity index (χ3n) is 2.44. The minimum absolute atomic E-state index is 0.0103. The molecule has 0 saturated heterocycles. The number of halogens is 5. The summed E-state index contributed by atoms with van der Waals surface area (Å²) in [5, 5.41) is 2.50. The van der Waals surface area contributed by atoms with Gasteiger partial charge in [0, 0.05) is 6.07 Å². The molecule has 0 aromatic carbocycles. The fraction of sp³-hybridized carbons (Fsp3) is 0.250. The molecule has 2 rings (SSSR count). The normalized spacial score (nSPS) is 12.5. The number of alkyl halides is 3. The lowest BCUT2D eigenvalue weighted by molar-refractivity contribution is 0.112. The van der Waals surface area contributed by atoms with E-state index in [1.807, 2.05) is 0 Å². The molecular formula is C12H9Cl2F3N4. The van der Waals surface area contributed by atoms with Gasteiger partial charge in [-0.15, -0.1) is 0 Å². The van der Waals surface area contributed by atoms with E-state index in [9.17, 15) is 13.2 Å². The van der Waals surface area contributed by atoms with Crippen molar-refractivity contribution in [2.45, 2.75) is 12.5 Å². The Kier molecular flexibility index (Phi) is 5.19. The number of hydrogen-bond acceptors (Lipinski definition) is 4. The summed E-state index contributed by atoms with van der Waals surface area (Å²) in [4.78, 5) is 11.9. The van der Waals surface area contributed by atoms with Crippen LogP contribution < -0.4 is 5.32 Å². The monoisotopic (exact) mass is 336 g/mol. The molecule has 0 aliphatic carbocycles. The van der Waals surface area contributed by atoms with E-state index < -0.39 is 19.1 Å². The summed E-state index contributed by atoms with van der Waals surface area (Å²) in [6, 6.07) is 4.33. The Hall–Kier alpha value is -1.60. The second-order valence-electron chi connectivity index (χ2n) is 3.98. The first kappa shape index (κ1) is 15.8. The van der Waals surface area contributed by atoms with Crippen molar-refractivity contribution >= 4 is 29.0 Å². The summed E-state index contributed by atoms with van der Waals surface area (Å²) < 4.78 is 37.6. The van der Waals surface area contributed by atoms with Crippen molar-refractivity contribution in [3.8, 4) is 11.5 Å². The van der Waals surface area contributed by atoms with Gasteiger partial charge in [0.15, 0.2) is 5.82 Å². The summed E-state index contributed by atoms with van der Waals surface area (Å²) in [6.07, 6.45) is -2.88. The second kappa shape index (κ2) is 6.91. The highest BCUT2D eigenvalue weighted by atomic mass is 35.5. The first-order valence-corrected chi connectivity index (χ1v) is 6.53. The average Bonchev–Trinajstić information content (AvgIpc) is 2.44. The lowest BCUT2D eigenvalue weighted by Gasteiger charge is -2.15. The van der Waals surface area contributed by atoms with Crippen LogP contribution in [0.15, 0.2) is 24.3 Å². The molecule has 0 bridgehead atoms. The molecule has 21 heavy (non-hydrogen) atoms. The van der Waals surface area contributed by atoms with Gasteiger partial charge < -0.3 is 5.32 Å². The number of nitrogens with one attached hydrogen (secondary N) is 1. The molecule has 1 unspecified atom stereocenters. The quantitative estimate of drug-likeness (QED) is 0.665. The largest absolute Gasteiger partial charge is 0.359 e. The predicted molar refractivity (Wildman–Crippen MR) is 74.7 cm³/mol. The Labute approximate surface area is 128 Å². The van der Waals surface area contributed by atoms with Crippen LogP contribution in [-0.4, -0.2) is 34.1 Å². The molecule has 1 N–H and O–H groups in total. The van der Waals surface area contributed by atoms with Crippen molar-refractivity contribution in [3.63, 3.8) is 0 Å². The van der Waals surface area contributed by atoms with Crippen molar-refractivity contribution in [3.05, 3.63) is 34.6 Å². The van der Waals surface area contributed by atoms with Crippen LogP contribution in [0.25, 0.3) is 11.5 Å². The number of pyridine rings is 1. The van der Waals surface area contributed by atoms with Crippen LogP contribution in [0.4, 0.5) is 19.0 Å². The van der Waals surface area contributed by atoms with Crippen LogP contribution >= 0.6 is 23.2 Å². The predicted octanol–water partition coefficient (Wildman–Crippen LogP) is 3.86. The first-order valence-electron chi connectivity index (χ1n) is 5.77. The Balaban J connectivity index is 2.33. The lowest BCUT2D eigenvalue weighted by atomic mass is 10.3. The van der Waals surface area contributed by atoms with Gasteiger partial charge >= 0.3 is 0 Å². The number of hydrogen-bond donors (Lipinski definition) is 1. The van der Waals surface area contributed by atoms with Gasteiger partial charge in [0.05, 0.1) is 0 Å². The Bertz CT molecular complexity index is 627. The maximum absolute atomic E-state index is 12.6. The molecule has 2 heterocycles. The minimum atomic E-state index is -2.88. The van der Waals surface area contributed by atoms with Gasteiger partial charge in [-0.05, 0) is 12.1 Å². The van der Waals surface area contributed by atoms with Gasteiger partial charge in [0.25, 0.3) is 6.43 Å². The number of aromatic nitrogens is 3. The first-order chi connectivity index (χ1) is 9.99. The van der Waals surface area contributed by atoms with Gasteiger partial charge in [0.1, 0.15) is 34.5 Å². The highest BCUT2D eigenvalue weighted by Gasteiger charge is 2.21. The van der Waals surface area contributed by atoms with Crippen LogP contribution in [0.1, 0.15) is 0 Å². The van der Waals surface area contributed by atoms with E-state index in [0.29, 0.717) is 5.69 Å². The second-order valence-corrected chi connectivity index (χ2v) is 4.76. The van der Waals surface area contributed by atoms with E-state index in [1.165, 1.54) is 6.07 Å². The Morgan fingerprint density at radius 3 is 2.48 bits per heavy atom. The molecule has 4 nitrogen and oxygen atoms in total. The highest BCUT2D eigenvalue weighted by molar-refractivity contribution is 6.30. The van der Waals surface area contributed by atoms with Crippen LogP contribution in [0.5, 0.6) is 0 Å². The highest BCUT2D eigenvalue weighted by Crippen LogP contribution is 2.21. The van der Waals surface area contributed by atoms with Gasteiger partial charge in [-0.3, -0.25) is 0 Å². The van der Waals surface area contributed by atoms with Gasteiger partial charge in [-0.1, -0.05) is 29.3 Å². The van der Waals surface area contributed by atoms with E-state index in [0.717, 1.165) is 0 Å². The summed E-state index contributed by atoms with van der Waals surface area (Å²) in [5.41, 5.74) is 0.321. The third-order valence-corrected chi connectivity index (χ3v) is 2.85. The molecule has 112 valence electrons. The zero-order valence-electron chi connectivity index (χ0n) is 10.4. The summed E-state index contributed by atoms with van der Waals surface area (Å²) >= 11 is 11.6. The van der Waals surface area contributed by atoms with Gasteiger partial charge in [-0.25, -0.2) is 28.1 Å². The molecule has 9 heteroatoms. The average molecular weight is 337 g/mol. The number of rotatable bonds is 5. The molecule has 0 saturated carbocycles. The van der Waals surface area contributed by atoms with E-state index in [-0.39, 0.29) is 21.9 Å². The van der Waals surface area contributed by atoms with Crippen molar-refractivity contribution in [2.24, 2.45) is 0 Å². The molecule has 0 aliphatic heterocycles. The van der Waals surface area contributed by atoms with E-state index in [1.54, 1.807) is 18.2 Å². The van der Waals surface area contributed by atoms with E-state index >= 15 is 0 Å². The molecule has 0 aliphatic rings. The number of anilines is 1. The Morgan fingerprint density at radius 1 is 1.10 bits per heavy atom. The van der Waals surface area contributed by atoms with Crippen molar-refractivity contribution in [2.75, 3.05) is 12.0 Å². The third kappa shape index (κ3) is 4.18. The van der Waals surface area contributed by atoms with Crippen molar-refractivity contribution in [1.82, 2.24) is 15.0 Å². The fourth-order valence-electron chi connectivity index (χ4n) is 1.50. The molecule has 2 aromatic rings. The zero-order valence-corrected chi connectivity index (χ0v) is 11.9. The smallest absolute Gasteiger partial charge is 0.260 e.